The molecule has 14 heteroatoms. The summed E-state index contributed by atoms with van der Waals surface area (Å²) in [4.78, 5) is 47.2. The van der Waals surface area contributed by atoms with E-state index in [4.69, 9.17) is 16.6 Å². The van der Waals surface area contributed by atoms with Gasteiger partial charge in [-0.05, 0) is 69.2 Å². The van der Waals surface area contributed by atoms with Crippen molar-refractivity contribution in [3.63, 3.8) is 0 Å². The fourth-order valence-electron chi connectivity index (χ4n) is 5.92. The van der Waals surface area contributed by atoms with Gasteiger partial charge in [-0.3, -0.25) is 4.90 Å². The fraction of sp³-hybridized carbons (Fsp3) is 0.484. The largest absolute Gasteiger partial charge is 0.490 e. The molecular weight excluding hydrogens is 649 g/mol. The Morgan fingerprint density at radius 2 is 1.80 bits per heavy atom. The lowest BCUT2D eigenvalue weighted by Gasteiger charge is -2.40. The zero-order valence-corrected chi connectivity index (χ0v) is 27.2. The minimum atomic E-state index is -5.10. The summed E-state index contributed by atoms with van der Waals surface area (Å²) in [6, 6.07) is 14.5. The lowest BCUT2D eigenvalue weighted by Crippen LogP contribution is -2.65. The number of imide groups is 1. The molecule has 0 N–H and O–H groups in total. The van der Waals surface area contributed by atoms with Gasteiger partial charge in [0.1, 0.15) is 6.10 Å². The molecule has 0 aliphatic carbocycles. The van der Waals surface area contributed by atoms with Gasteiger partial charge < -0.3 is 9.64 Å². The number of hydrogen-bond donors (Lipinski definition) is 0. The SMILES string of the molecule is CC(=O)[N+]1(C(=O)N(CCCN2CCC(Sc3nc4ccccc4s3)CC2)c2cccc(Cl)c2)CCC(OC(=O)C(F)(F)F)CC1. The molecule has 0 saturated carbocycles. The lowest BCUT2D eigenvalue weighted by molar-refractivity contribution is -0.779. The molecule has 2 aromatic carbocycles. The number of thiazole rings is 1. The molecule has 2 fully saturated rings. The number of halogens is 4. The first-order valence-electron chi connectivity index (χ1n) is 14.9. The topological polar surface area (TPSA) is 79.8 Å². The van der Waals surface area contributed by atoms with Crippen LogP contribution in [-0.2, 0) is 14.3 Å². The molecule has 242 valence electrons. The molecule has 8 nitrogen and oxygen atoms in total. The Hall–Kier alpha value is -2.71. The zero-order chi connectivity index (χ0) is 32.2. The van der Waals surface area contributed by atoms with Gasteiger partial charge in [0.15, 0.2) is 4.34 Å². The molecule has 3 amide bonds. The molecule has 2 saturated heterocycles. The number of fused-ring (bicyclic) bond motifs is 1. The number of carbonyl (C=O) groups is 3. The number of piperidine rings is 2. The number of benzene rings is 2. The molecule has 2 aliphatic rings. The smallest absolute Gasteiger partial charge is 0.455 e. The number of carbonyl (C=O) groups excluding carboxylic acids is 3. The summed E-state index contributed by atoms with van der Waals surface area (Å²) in [5.74, 6) is -2.68. The van der Waals surface area contributed by atoms with Crippen molar-refractivity contribution in [3.8, 4) is 0 Å². The van der Waals surface area contributed by atoms with E-state index in [0.29, 0.717) is 28.9 Å². The number of rotatable bonds is 8. The van der Waals surface area contributed by atoms with Crippen LogP contribution in [0.4, 0.5) is 23.7 Å². The number of urea groups is 1. The van der Waals surface area contributed by atoms with Crippen LogP contribution in [0.15, 0.2) is 52.9 Å². The van der Waals surface area contributed by atoms with E-state index in [1.165, 1.54) is 11.6 Å². The maximum absolute atomic E-state index is 14.2. The lowest BCUT2D eigenvalue weighted by atomic mass is 10.0. The zero-order valence-electron chi connectivity index (χ0n) is 24.8. The molecule has 0 unspecified atom stereocenters. The number of ether oxygens (including phenoxy) is 1. The van der Waals surface area contributed by atoms with Crippen molar-refractivity contribution in [2.45, 2.75) is 60.9 Å². The van der Waals surface area contributed by atoms with Gasteiger partial charge in [0.2, 0.25) is 0 Å². The van der Waals surface area contributed by atoms with E-state index in [0.717, 1.165) is 42.3 Å². The maximum Gasteiger partial charge on any atom is 0.490 e. The van der Waals surface area contributed by atoms with E-state index in [2.05, 4.69) is 15.7 Å². The minimum absolute atomic E-state index is 0.0412. The van der Waals surface area contributed by atoms with Crippen molar-refractivity contribution in [2.24, 2.45) is 0 Å². The Morgan fingerprint density at radius 1 is 1.09 bits per heavy atom. The molecule has 1 aromatic heterocycles. The number of esters is 1. The fourth-order valence-corrected chi connectivity index (χ4v) is 8.55. The molecule has 3 aromatic rings. The second kappa shape index (κ2) is 14.4. The van der Waals surface area contributed by atoms with E-state index < -0.39 is 34.7 Å². The first-order chi connectivity index (χ1) is 21.4. The molecular formula is C31H35ClF3N4O4S2+. The Morgan fingerprint density at radius 3 is 2.44 bits per heavy atom. The van der Waals surface area contributed by atoms with Crippen molar-refractivity contribution in [3.05, 3.63) is 53.6 Å². The molecule has 45 heavy (non-hydrogen) atoms. The second-order valence-corrected chi connectivity index (χ2v) is 14.4. The normalized spacial score (nSPS) is 21.5. The number of anilines is 1. The highest BCUT2D eigenvalue weighted by Crippen LogP contribution is 2.36. The number of para-hydroxylation sites is 1. The second-order valence-electron chi connectivity index (χ2n) is 11.4. The van der Waals surface area contributed by atoms with Crippen LogP contribution in [0.2, 0.25) is 5.02 Å². The number of nitrogens with zero attached hydrogens (tertiary/aromatic N) is 4. The van der Waals surface area contributed by atoms with Gasteiger partial charge in [-0.1, -0.05) is 41.6 Å². The summed E-state index contributed by atoms with van der Waals surface area (Å²) < 4.78 is 44.5. The van der Waals surface area contributed by atoms with Crippen LogP contribution >= 0.6 is 34.7 Å². The third kappa shape index (κ3) is 8.18. The number of aromatic nitrogens is 1. The number of thioether (sulfide) groups is 1. The van der Waals surface area contributed by atoms with Gasteiger partial charge >= 0.3 is 24.1 Å². The van der Waals surface area contributed by atoms with Gasteiger partial charge in [0.05, 0.1) is 35.9 Å². The summed E-state index contributed by atoms with van der Waals surface area (Å²) in [5, 5.41) is 0.926. The van der Waals surface area contributed by atoms with Crippen molar-refractivity contribution in [1.82, 2.24) is 9.88 Å². The molecule has 0 atom stereocenters. The Kier molecular flexibility index (Phi) is 10.7. The summed E-state index contributed by atoms with van der Waals surface area (Å²) in [6.45, 7) is 4.13. The standard InChI is InChI=1S/C31H35ClF3N4O4S2/c1-21(40)39(18-12-24(13-19-39)43-28(41)31(33,34)35)30(42)38(23-7-4-6-22(32)20-23)15-5-14-37-16-10-25(11-17-37)44-29-36-26-8-2-3-9-27(26)45-29/h2-4,6-9,20,24-25H,5,10-19H2,1H3/q+1. The van der Waals surface area contributed by atoms with Crippen LogP contribution < -0.4 is 4.90 Å². The van der Waals surface area contributed by atoms with Crippen molar-refractivity contribution in [1.29, 1.82) is 0 Å². The third-order valence-corrected chi connectivity index (χ3v) is 11.1. The van der Waals surface area contributed by atoms with E-state index in [1.54, 1.807) is 40.5 Å². The summed E-state index contributed by atoms with van der Waals surface area (Å²) >= 11 is 9.84. The number of amides is 3. The van der Waals surface area contributed by atoms with Crippen molar-refractivity contribution in [2.75, 3.05) is 44.2 Å². The average molecular weight is 684 g/mol. The first kappa shape index (κ1) is 33.6. The van der Waals surface area contributed by atoms with Crippen LogP contribution in [-0.4, -0.2) is 89.1 Å². The van der Waals surface area contributed by atoms with E-state index in [-0.39, 0.29) is 25.9 Å². The molecule has 2 aliphatic heterocycles. The highest BCUT2D eigenvalue weighted by Gasteiger charge is 2.50. The van der Waals surface area contributed by atoms with E-state index >= 15 is 0 Å². The Bertz CT molecular complexity index is 1490. The van der Waals surface area contributed by atoms with E-state index in [1.807, 2.05) is 30.0 Å². The number of likely N-dealkylation sites (tertiary alicyclic amines) is 2. The predicted octanol–water partition coefficient (Wildman–Crippen LogP) is 7.15. The van der Waals surface area contributed by atoms with Gasteiger partial charge in [-0.15, -0.1) is 11.3 Å². The van der Waals surface area contributed by atoms with Crippen LogP contribution in [0.3, 0.4) is 0 Å². The summed E-state index contributed by atoms with van der Waals surface area (Å²) in [5.41, 5.74) is 1.58. The Balaban J connectivity index is 1.19. The van der Waals surface area contributed by atoms with Crippen LogP contribution in [0, 0.1) is 0 Å². The van der Waals surface area contributed by atoms with Crippen LogP contribution in [0.25, 0.3) is 10.2 Å². The first-order valence-corrected chi connectivity index (χ1v) is 17.0. The molecule has 0 radical (unpaired) electrons. The van der Waals surface area contributed by atoms with Crippen LogP contribution in [0.5, 0.6) is 0 Å². The third-order valence-electron chi connectivity index (χ3n) is 8.42. The number of alkyl halides is 3. The molecule has 3 heterocycles. The maximum atomic E-state index is 14.2. The average Bonchev–Trinajstić information content (AvgIpc) is 3.42. The van der Waals surface area contributed by atoms with Crippen LogP contribution in [0.1, 0.15) is 39.0 Å². The number of hydrogen-bond acceptors (Lipinski definition) is 8. The highest BCUT2D eigenvalue weighted by atomic mass is 35.5. The monoisotopic (exact) mass is 683 g/mol. The quantitative estimate of drug-likeness (QED) is 0.184. The number of quaternary nitrogens is 1. The van der Waals surface area contributed by atoms with E-state index in [9.17, 15) is 27.6 Å². The van der Waals surface area contributed by atoms with Gasteiger partial charge in [0.25, 0.3) is 0 Å². The van der Waals surface area contributed by atoms with Gasteiger partial charge in [-0.25, -0.2) is 19.4 Å². The minimum Gasteiger partial charge on any atom is -0.455 e. The molecule has 0 bridgehead atoms. The molecule has 5 rings (SSSR count). The van der Waals surface area contributed by atoms with Crippen molar-refractivity contribution >= 4 is 68.5 Å². The van der Waals surface area contributed by atoms with Gasteiger partial charge in [0, 0.05) is 29.7 Å². The molecule has 0 spiro atoms. The van der Waals surface area contributed by atoms with Crippen molar-refractivity contribution < 1.29 is 36.8 Å². The Labute approximate surface area is 273 Å². The predicted molar refractivity (Wildman–Crippen MR) is 170 cm³/mol. The van der Waals surface area contributed by atoms with Gasteiger partial charge in [-0.2, -0.15) is 17.7 Å². The highest BCUT2D eigenvalue weighted by molar-refractivity contribution is 8.01. The summed E-state index contributed by atoms with van der Waals surface area (Å²) in [7, 11) is 0. The summed E-state index contributed by atoms with van der Waals surface area (Å²) in [6.07, 6.45) is -3.50.